The van der Waals surface area contributed by atoms with Crippen molar-refractivity contribution in [2.45, 2.75) is 47.1 Å². The topological polar surface area (TPSA) is 52.3 Å². The van der Waals surface area contributed by atoms with Crippen molar-refractivity contribution in [2.75, 3.05) is 6.61 Å². The van der Waals surface area contributed by atoms with Crippen LogP contribution < -0.4 is 5.73 Å². The molecule has 0 aliphatic rings. The van der Waals surface area contributed by atoms with Crippen LogP contribution in [-0.2, 0) is 9.53 Å². The van der Waals surface area contributed by atoms with E-state index in [4.69, 9.17) is 10.5 Å². The number of nitrogens with two attached hydrogens (primary N) is 1. The molecule has 0 unspecified atom stereocenters. The molecule has 0 fully saturated rings. The molecule has 3 nitrogen and oxygen atoms in total. The zero-order chi connectivity index (χ0) is 18.7. The summed E-state index contributed by atoms with van der Waals surface area (Å²) < 4.78 is 19.6. The van der Waals surface area contributed by atoms with Crippen LogP contribution in [0.15, 0.2) is 24.3 Å². The van der Waals surface area contributed by atoms with Gasteiger partial charge in [-0.05, 0) is 80.1 Å². The fraction of sp³-hybridized carbons (Fsp3) is 0.381. The zero-order valence-corrected chi connectivity index (χ0v) is 15.6. The largest absolute Gasteiger partial charge is 0.466 e. The van der Waals surface area contributed by atoms with E-state index in [0.717, 1.165) is 22.3 Å². The van der Waals surface area contributed by atoms with Crippen LogP contribution in [-0.4, -0.2) is 12.6 Å². The summed E-state index contributed by atoms with van der Waals surface area (Å²) in [7, 11) is 0. The molecule has 0 aliphatic heterocycles. The van der Waals surface area contributed by atoms with Gasteiger partial charge in [0.25, 0.3) is 0 Å². The van der Waals surface area contributed by atoms with Crippen LogP contribution >= 0.6 is 0 Å². The molecular weight excluding hydrogens is 317 g/mol. The van der Waals surface area contributed by atoms with Crippen molar-refractivity contribution >= 4 is 5.97 Å². The van der Waals surface area contributed by atoms with E-state index >= 15 is 0 Å². The van der Waals surface area contributed by atoms with Crippen molar-refractivity contribution in [3.63, 3.8) is 0 Å². The summed E-state index contributed by atoms with van der Waals surface area (Å²) in [6, 6.07) is 7.02. The molecule has 0 saturated heterocycles. The SMILES string of the molecule is CCOC(=O)C[C@H](N)c1cc(-c2c(C)ccc(C)c2C)cc(C)c1F. The summed E-state index contributed by atoms with van der Waals surface area (Å²) in [4.78, 5) is 11.7. The Morgan fingerprint density at radius 3 is 2.40 bits per heavy atom. The van der Waals surface area contributed by atoms with Crippen molar-refractivity contribution in [3.05, 3.63) is 57.9 Å². The Bertz CT molecular complexity index is 799. The molecule has 2 N–H and O–H groups in total. The average molecular weight is 343 g/mol. The number of carbonyl (C=O) groups excluding carboxylic acids is 1. The van der Waals surface area contributed by atoms with E-state index in [1.807, 2.05) is 13.0 Å². The number of ether oxygens (including phenoxy) is 1. The lowest BCUT2D eigenvalue weighted by Crippen LogP contribution is -2.19. The quantitative estimate of drug-likeness (QED) is 0.802. The third-order valence-corrected chi connectivity index (χ3v) is 4.61. The smallest absolute Gasteiger partial charge is 0.307 e. The van der Waals surface area contributed by atoms with Gasteiger partial charge in [-0.15, -0.1) is 0 Å². The van der Waals surface area contributed by atoms with E-state index in [0.29, 0.717) is 11.1 Å². The lowest BCUT2D eigenvalue weighted by atomic mass is 9.89. The minimum atomic E-state index is -0.733. The first-order chi connectivity index (χ1) is 11.8. The summed E-state index contributed by atoms with van der Waals surface area (Å²) in [5, 5.41) is 0. The summed E-state index contributed by atoms with van der Waals surface area (Å²) in [6.07, 6.45) is -0.0422. The number of benzene rings is 2. The fourth-order valence-electron chi connectivity index (χ4n) is 3.12. The van der Waals surface area contributed by atoms with E-state index in [1.54, 1.807) is 19.9 Å². The second-order valence-electron chi connectivity index (χ2n) is 6.51. The third-order valence-electron chi connectivity index (χ3n) is 4.61. The monoisotopic (exact) mass is 343 g/mol. The molecule has 0 radical (unpaired) electrons. The molecule has 0 heterocycles. The van der Waals surface area contributed by atoms with Crippen molar-refractivity contribution < 1.29 is 13.9 Å². The molecule has 2 rings (SSSR count). The van der Waals surface area contributed by atoms with Crippen molar-refractivity contribution in [3.8, 4) is 11.1 Å². The van der Waals surface area contributed by atoms with E-state index in [1.165, 1.54) is 5.56 Å². The Morgan fingerprint density at radius 1 is 1.12 bits per heavy atom. The van der Waals surface area contributed by atoms with Gasteiger partial charge in [0.2, 0.25) is 0 Å². The highest BCUT2D eigenvalue weighted by Crippen LogP contribution is 2.33. The Balaban J connectivity index is 2.52. The van der Waals surface area contributed by atoms with Crippen molar-refractivity contribution in [2.24, 2.45) is 5.73 Å². The maximum Gasteiger partial charge on any atom is 0.307 e. The Labute approximate surface area is 149 Å². The molecule has 0 saturated carbocycles. The molecule has 2 aromatic rings. The van der Waals surface area contributed by atoms with Gasteiger partial charge >= 0.3 is 5.97 Å². The molecule has 0 spiro atoms. The maximum absolute atomic E-state index is 14.6. The van der Waals surface area contributed by atoms with Gasteiger partial charge in [0.15, 0.2) is 0 Å². The van der Waals surface area contributed by atoms with Gasteiger partial charge in [-0.1, -0.05) is 12.1 Å². The first-order valence-electron chi connectivity index (χ1n) is 8.54. The lowest BCUT2D eigenvalue weighted by Gasteiger charge is -2.18. The minimum Gasteiger partial charge on any atom is -0.466 e. The third kappa shape index (κ3) is 4.07. The van der Waals surface area contributed by atoms with Gasteiger partial charge in [0.1, 0.15) is 5.82 Å². The van der Waals surface area contributed by atoms with Gasteiger partial charge in [0.05, 0.1) is 13.0 Å². The predicted molar refractivity (Wildman–Crippen MR) is 99.0 cm³/mol. The van der Waals surface area contributed by atoms with Crippen molar-refractivity contribution in [1.29, 1.82) is 0 Å². The number of aryl methyl sites for hydroxylation is 3. The molecule has 2 aromatic carbocycles. The molecule has 4 heteroatoms. The number of rotatable bonds is 5. The average Bonchev–Trinajstić information content (AvgIpc) is 2.54. The number of hydrogen-bond donors (Lipinski definition) is 1. The first-order valence-corrected chi connectivity index (χ1v) is 8.54. The van der Waals surface area contributed by atoms with Gasteiger partial charge in [-0.2, -0.15) is 0 Å². The van der Waals surface area contributed by atoms with Crippen LogP contribution in [0.25, 0.3) is 11.1 Å². The minimum absolute atomic E-state index is 0.0422. The Hall–Kier alpha value is -2.20. The van der Waals surface area contributed by atoms with Crippen molar-refractivity contribution in [1.82, 2.24) is 0 Å². The molecule has 1 atom stereocenters. The number of hydrogen-bond acceptors (Lipinski definition) is 3. The van der Waals surface area contributed by atoms with Crippen LogP contribution in [0.5, 0.6) is 0 Å². The fourth-order valence-corrected chi connectivity index (χ4v) is 3.12. The van der Waals surface area contributed by atoms with Crippen LogP contribution in [0.1, 0.15) is 47.2 Å². The van der Waals surface area contributed by atoms with Gasteiger partial charge < -0.3 is 10.5 Å². The van der Waals surface area contributed by atoms with Crippen LogP contribution in [0.3, 0.4) is 0 Å². The summed E-state index contributed by atoms with van der Waals surface area (Å²) in [5.74, 6) is -0.774. The molecule has 134 valence electrons. The van der Waals surface area contributed by atoms with Crippen LogP contribution in [0.2, 0.25) is 0 Å². The van der Waals surface area contributed by atoms with Gasteiger partial charge in [-0.25, -0.2) is 4.39 Å². The lowest BCUT2D eigenvalue weighted by molar-refractivity contribution is -0.143. The molecular formula is C21H26FNO2. The summed E-state index contributed by atoms with van der Waals surface area (Å²) >= 11 is 0. The Kier molecular flexibility index (Phi) is 5.96. The molecule has 25 heavy (non-hydrogen) atoms. The normalized spacial score (nSPS) is 12.1. The highest BCUT2D eigenvalue weighted by atomic mass is 19.1. The Morgan fingerprint density at radius 2 is 1.76 bits per heavy atom. The van der Waals surface area contributed by atoms with E-state index in [9.17, 15) is 9.18 Å². The summed E-state index contributed by atoms with van der Waals surface area (Å²) in [5.41, 5.74) is 12.5. The maximum atomic E-state index is 14.6. The second kappa shape index (κ2) is 7.79. The van der Waals surface area contributed by atoms with Gasteiger partial charge in [0, 0.05) is 11.6 Å². The van der Waals surface area contributed by atoms with E-state index in [-0.39, 0.29) is 18.8 Å². The zero-order valence-electron chi connectivity index (χ0n) is 15.6. The molecule has 0 aliphatic carbocycles. The molecule has 0 amide bonds. The van der Waals surface area contributed by atoms with Gasteiger partial charge in [-0.3, -0.25) is 4.79 Å². The standard InChI is InChI=1S/C21H26FNO2/c1-6-25-19(24)11-18(23)17-10-16(9-14(4)21(17)22)20-13(3)8-7-12(2)15(20)5/h7-10,18H,6,11,23H2,1-5H3/t18-/m0/s1. The number of carbonyl (C=O) groups is 1. The highest BCUT2D eigenvalue weighted by molar-refractivity contribution is 5.74. The summed E-state index contributed by atoms with van der Waals surface area (Å²) in [6.45, 7) is 9.90. The molecule has 0 aromatic heterocycles. The number of halogens is 1. The first kappa shape index (κ1) is 19.1. The second-order valence-corrected chi connectivity index (χ2v) is 6.51. The van der Waals surface area contributed by atoms with E-state index in [2.05, 4.69) is 26.0 Å². The van der Waals surface area contributed by atoms with E-state index < -0.39 is 12.0 Å². The van der Waals surface area contributed by atoms with Crippen LogP contribution in [0.4, 0.5) is 4.39 Å². The number of esters is 1. The predicted octanol–water partition coefficient (Wildman–Crippen LogP) is 4.68. The molecule has 0 bridgehead atoms. The highest BCUT2D eigenvalue weighted by Gasteiger charge is 2.20. The van der Waals surface area contributed by atoms with Crippen LogP contribution in [0, 0.1) is 33.5 Å².